The van der Waals surface area contributed by atoms with Crippen LogP contribution in [0.1, 0.15) is 43.0 Å². The second-order valence-electron chi connectivity index (χ2n) is 7.00. The van der Waals surface area contributed by atoms with E-state index in [0.717, 1.165) is 30.9 Å². The smallest absolute Gasteiger partial charge is 0.257 e. The van der Waals surface area contributed by atoms with E-state index in [1.54, 1.807) is 18.2 Å². The Balaban J connectivity index is 1.59. The van der Waals surface area contributed by atoms with Crippen molar-refractivity contribution >= 4 is 46.2 Å². The van der Waals surface area contributed by atoms with Crippen LogP contribution in [0, 0.1) is 0 Å². The van der Waals surface area contributed by atoms with Crippen LogP contribution in [0.4, 0.5) is 11.4 Å². The van der Waals surface area contributed by atoms with E-state index in [0.29, 0.717) is 22.9 Å². The SMILES string of the molecule is CCCOc1cccc(C(=O)NC(=S)Nc2ccc(N3CCCCC3)c(Cl)c2)c1. The molecule has 0 unspecified atom stereocenters. The fourth-order valence-electron chi connectivity index (χ4n) is 3.26. The number of nitrogens with zero attached hydrogens (tertiary/aromatic N) is 1. The van der Waals surface area contributed by atoms with Gasteiger partial charge >= 0.3 is 0 Å². The molecule has 0 aliphatic carbocycles. The summed E-state index contributed by atoms with van der Waals surface area (Å²) in [6.45, 7) is 4.70. The van der Waals surface area contributed by atoms with E-state index in [1.165, 1.54) is 19.3 Å². The number of carbonyl (C=O) groups excluding carboxylic acids is 1. The molecule has 3 rings (SSSR count). The van der Waals surface area contributed by atoms with Crippen molar-refractivity contribution in [3.63, 3.8) is 0 Å². The van der Waals surface area contributed by atoms with Crippen molar-refractivity contribution in [1.29, 1.82) is 0 Å². The number of thiocarbonyl (C=S) groups is 1. The van der Waals surface area contributed by atoms with Gasteiger partial charge in [0.1, 0.15) is 5.75 Å². The minimum Gasteiger partial charge on any atom is -0.494 e. The van der Waals surface area contributed by atoms with Crippen molar-refractivity contribution in [3.8, 4) is 5.75 Å². The predicted octanol–water partition coefficient (Wildman–Crippen LogP) is 5.25. The summed E-state index contributed by atoms with van der Waals surface area (Å²) < 4.78 is 5.57. The van der Waals surface area contributed by atoms with Gasteiger partial charge in [0.05, 0.1) is 17.3 Å². The Bertz CT molecular complexity index is 869. The van der Waals surface area contributed by atoms with Crippen molar-refractivity contribution in [2.75, 3.05) is 29.9 Å². The second kappa shape index (κ2) is 10.5. The van der Waals surface area contributed by atoms with Crippen LogP contribution in [-0.2, 0) is 0 Å². The van der Waals surface area contributed by atoms with Crippen LogP contribution in [0.15, 0.2) is 42.5 Å². The highest BCUT2D eigenvalue weighted by Gasteiger charge is 2.15. The van der Waals surface area contributed by atoms with Crippen molar-refractivity contribution in [2.24, 2.45) is 0 Å². The second-order valence-corrected chi connectivity index (χ2v) is 7.81. The molecule has 0 spiro atoms. The number of ether oxygens (including phenoxy) is 1. The molecule has 0 atom stereocenters. The molecule has 1 saturated heterocycles. The lowest BCUT2D eigenvalue weighted by molar-refractivity contribution is 0.0977. The lowest BCUT2D eigenvalue weighted by Gasteiger charge is -2.29. The van der Waals surface area contributed by atoms with Gasteiger partial charge in [0.15, 0.2) is 5.11 Å². The van der Waals surface area contributed by atoms with Crippen LogP contribution in [-0.4, -0.2) is 30.7 Å². The van der Waals surface area contributed by atoms with Crippen LogP contribution in [0.3, 0.4) is 0 Å². The number of hydrogen-bond donors (Lipinski definition) is 2. The van der Waals surface area contributed by atoms with Crippen LogP contribution in [0.5, 0.6) is 5.75 Å². The molecule has 7 heteroatoms. The van der Waals surface area contributed by atoms with E-state index < -0.39 is 0 Å². The quantitative estimate of drug-likeness (QED) is 0.612. The highest BCUT2D eigenvalue weighted by Crippen LogP contribution is 2.30. The normalized spacial score (nSPS) is 13.7. The molecule has 1 amide bonds. The van der Waals surface area contributed by atoms with Crippen LogP contribution >= 0.6 is 23.8 Å². The van der Waals surface area contributed by atoms with Gasteiger partial charge in [0.2, 0.25) is 0 Å². The standard InChI is InChI=1S/C22H26ClN3O2S/c1-2-13-28-18-8-6-7-16(14-18)21(27)25-22(29)24-17-9-10-20(19(23)15-17)26-11-4-3-5-12-26/h6-10,14-15H,2-5,11-13H2,1H3,(H2,24,25,27,29). The Kier molecular flexibility index (Phi) is 7.72. The number of hydrogen-bond acceptors (Lipinski definition) is 4. The number of anilines is 2. The number of amides is 1. The minimum absolute atomic E-state index is 0.219. The first kappa shape index (κ1) is 21.4. The Morgan fingerprint density at radius 2 is 1.97 bits per heavy atom. The van der Waals surface area contributed by atoms with E-state index in [4.69, 9.17) is 28.6 Å². The largest absolute Gasteiger partial charge is 0.494 e. The van der Waals surface area contributed by atoms with Gasteiger partial charge in [-0.1, -0.05) is 24.6 Å². The Morgan fingerprint density at radius 1 is 1.17 bits per heavy atom. The number of carbonyl (C=O) groups is 1. The summed E-state index contributed by atoms with van der Waals surface area (Å²) >= 11 is 11.8. The molecule has 0 aromatic heterocycles. The molecular weight excluding hydrogens is 406 g/mol. The van der Waals surface area contributed by atoms with E-state index in [2.05, 4.69) is 15.5 Å². The van der Waals surface area contributed by atoms with E-state index in [9.17, 15) is 4.79 Å². The minimum atomic E-state index is -0.291. The van der Waals surface area contributed by atoms with Crippen LogP contribution in [0.25, 0.3) is 0 Å². The lowest BCUT2D eigenvalue weighted by Crippen LogP contribution is -2.34. The Labute approximate surface area is 182 Å². The molecule has 29 heavy (non-hydrogen) atoms. The van der Waals surface area contributed by atoms with Gasteiger partial charge in [-0.3, -0.25) is 10.1 Å². The number of rotatable bonds is 6. The third kappa shape index (κ3) is 6.08. The molecule has 1 aliphatic rings. The lowest BCUT2D eigenvalue weighted by atomic mass is 10.1. The van der Waals surface area contributed by atoms with Crippen molar-refractivity contribution < 1.29 is 9.53 Å². The Hall–Kier alpha value is -2.31. The molecule has 0 saturated carbocycles. The monoisotopic (exact) mass is 431 g/mol. The summed E-state index contributed by atoms with van der Waals surface area (Å²) in [6.07, 6.45) is 4.56. The molecule has 0 radical (unpaired) electrons. The molecule has 2 aromatic carbocycles. The molecule has 1 heterocycles. The molecule has 0 bridgehead atoms. The predicted molar refractivity (Wildman–Crippen MR) is 123 cm³/mol. The first-order valence-electron chi connectivity index (χ1n) is 9.96. The van der Waals surface area contributed by atoms with Gasteiger partial charge in [0.25, 0.3) is 5.91 Å². The zero-order chi connectivity index (χ0) is 20.6. The first-order chi connectivity index (χ1) is 14.1. The van der Waals surface area contributed by atoms with Crippen LogP contribution in [0.2, 0.25) is 5.02 Å². The number of benzene rings is 2. The molecular formula is C22H26ClN3O2S. The van der Waals surface area contributed by atoms with Gasteiger partial charge in [-0.05, 0) is 74.3 Å². The topological polar surface area (TPSA) is 53.6 Å². The molecule has 1 fully saturated rings. The average molecular weight is 432 g/mol. The van der Waals surface area contributed by atoms with Gasteiger partial charge in [-0.15, -0.1) is 0 Å². The average Bonchev–Trinajstić information content (AvgIpc) is 2.73. The fraction of sp³-hybridized carbons (Fsp3) is 0.364. The maximum absolute atomic E-state index is 12.5. The van der Waals surface area contributed by atoms with Gasteiger partial charge in [-0.2, -0.15) is 0 Å². The van der Waals surface area contributed by atoms with Crippen molar-refractivity contribution in [1.82, 2.24) is 5.32 Å². The Morgan fingerprint density at radius 3 is 2.69 bits per heavy atom. The van der Waals surface area contributed by atoms with Gasteiger partial charge in [-0.25, -0.2) is 0 Å². The molecule has 5 nitrogen and oxygen atoms in total. The van der Waals surface area contributed by atoms with Crippen LogP contribution < -0.4 is 20.3 Å². The first-order valence-corrected chi connectivity index (χ1v) is 10.7. The summed E-state index contributed by atoms with van der Waals surface area (Å²) in [4.78, 5) is 14.8. The third-order valence-corrected chi connectivity index (χ3v) is 5.21. The third-order valence-electron chi connectivity index (χ3n) is 4.70. The maximum Gasteiger partial charge on any atom is 0.257 e. The van der Waals surface area contributed by atoms with Gasteiger partial charge in [0, 0.05) is 24.3 Å². The molecule has 154 valence electrons. The zero-order valence-electron chi connectivity index (χ0n) is 16.5. The molecule has 1 aliphatic heterocycles. The number of halogens is 1. The summed E-state index contributed by atoms with van der Waals surface area (Å²) in [5.41, 5.74) is 2.26. The highest BCUT2D eigenvalue weighted by molar-refractivity contribution is 7.80. The summed E-state index contributed by atoms with van der Waals surface area (Å²) in [5.74, 6) is 0.374. The summed E-state index contributed by atoms with van der Waals surface area (Å²) in [6, 6.07) is 12.8. The number of piperidine rings is 1. The molecule has 2 N–H and O–H groups in total. The molecule has 2 aromatic rings. The fourth-order valence-corrected chi connectivity index (χ4v) is 3.77. The van der Waals surface area contributed by atoms with Crippen molar-refractivity contribution in [3.05, 3.63) is 53.1 Å². The summed E-state index contributed by atoms with van der Waals surface area (Å²) in [7, 11) is 0. The van der Waals surface area contributed by atoms with E-state index in [-0.39, 0.29) is 11.0 Å². The highest BCUT2D eigenvalue weighted by atomic mass is 35.5. The summed E-state index contributed by atoms with van der Waals surface area (Å²) in [5, 5.41) is 6.62. The number of nitrogens with one attached hydrogen (secondary N) is 2. The maximum atomic E-state index is 12.5. The van der Waals surface area contributed by atoms with Gasteiger partial charge < -0.3 is 15.0 Å². The van der Waals surface area contributed by atoms with Crippen molar-refractivity contribution in [2.45, 2.75) is 32.6 Å². The van der Waals surface area contributed by atoms with E-state index >= 15 is 0 Å². The van der Waals surface area contributed by atoms with E-state index in [1.807, 2.05) is 31.2 Å². The zero-order valence-corrected chi connectivity index (χ0v) is 18.1.